The van der Waals surface area contributed by atoms with E-state index in [1.807, 2.05) is 6.07 Å². The standard InChI is InChI=1S/C9H7BrN2.C6H2Br2N2.C6H3Br2NO.C3H7BO2.H2O.H3P/c10-9-5-12-4-8(6-1-2-6)7(9)3-11;7-5-2-10-3-6(8)4(5)1-9;7-5-1-9-2-6(8)4(5)3-10;5-4(6)3-1-2-3;;/h4-6H,1-2H2;2-3H;1-3H;3,5-6H,1-2H2;1H2;1H3. The number of carbonyl (C=O) groups excluding carboxylic acids is 1. The number of aldehydes is 1. The first-order valence-corrected chi connectivity index (χ1v) is 14.9. The average molecular weight is 888 g/mol. The van der Waals surface area contributed by atoms with E-state index in [1.165, 1.54) is 12.8 Å². The van der Waals surface area contributed by atoms with Gasteiger partial charge in [0.15, 0.2) is 6.29 Å². The zero-order valence-corrected chi connectivity index (χ0v) is 30.1. The molecule has 0 aromatic carbocycles. The number of rotatable bonds is 3. The van der Waals surface area contributed by atoms with Crippen molar-refractivity contribution in [1.29, 1.82) is 10.5 Å². The molecule has 0 spiro atoms. The van der Waals surface area contributed by atoms with Crippen LogP contribution in [0.25, 0.3) is 0 Å². The second-order valence-corrected chi connectivity index (χ2v) is 12.2. The summed E-state index contributed by atoms with van der Waals surface area (Å²) in [5.41, 5.74) is 3.03. The lowest BCUT2D eigenvalue weighted by molar-refractivity contribution is 0.112. The predicted molar refractivity (Wildman–Crippen MR) is 176 cm³/mol. The van der Waals surface area contributed by atoms with Crippen LogP contribution in [-0.4, -0.2) is 43.9 Å². The van der Waals surface area contributed by atoms with Gasteiger partial charge in [0.25, 0.3) is 0 Å². The van der Waals surface area contributed by atoms with Gasteiger partial charge in [0, 0.05) is 51.7 Å². The van der Waals surface area contributed by atoms with Gasteiger partial charge in [0.2, 0.25) is 0 Å². The van der Waals surface area contributed by atoms with Crippen LogP contribution in [0.3, 0.4) is 0 Å². The number of aromatic nitrogens is 3. The molecular weight excluding hydrogens is 864 g/mol. The number of hydrogen-bond acceptors (Lipinski definition) is 8. The van der Waals surface area contributed by atoms with Crippen molar-refractivity contribution in [2.45, 2.75) is 37.4 Å². The van der Waals surface area contributed by atoms with E-state index in [0.29, 0.717) is 34.9 Å². The maximum absolute atomic E-state index is 10.4. The molecule has 2 fully saturated rings. The second-order valence-electron chi connectivity index (χ2n) is 7.95. The fourth-order valence-electron chi connectivity index (χ4n) is 2.72. The van der Waals surface area contributed by atoms with Crippen LogP contribution in [0.2, 0.25) is 5.82 Å². The molecule has 3 aromatic heterocycles. The lowest BCUT2D eigenvalue weighted by Gasteiger charge is -2.01. The Hall–Kier alpha value is -1.13. The molecule has 3 heterocycles. The Bertz CT molecular complexity index is 1310. The van der Waals surface area contributed by atoms with Gasteiger partial charge in [-0.3, -0.25) is 19.7 Å². The van der Waals surface area contributed by atoms with E-state index in [4.69, 9.17) is 20.6 Å². The van der Waals surface area contributed by atoms with E-state index in [0.717, 1.165) is 34.7 Å². The first-order chi connectivity index (χ1) is 18.1. The molecular formula is C24H24BBr5N5O4P. The summed E-state index contributed by atoms with van der Waals surface area (Å²) in [5, 5.41) is 33.9. The summed E-state index contributed by atoms with van der Waals surface area (Å²) in [5.74, 6) is 0.801. The highest BCUT2D eigenvalue weighted by atomic mass is 79.9. The summed E-state index contributed by atoms with van der Waals surface area (Å²) in [6, 6.07) is 4.23. The van der Waals surface area contributed by atoms with Crippen LogP contribution in [0.15, 0.2) is 59.5 Å². The maximum Gasteiger partial charge on any atom is 0.454 e. The van der Waals surface area contributed by atoms with Crippen molar-refractivity contribution >= 4 is 103 Å². The van der Waals surface area contributed by atoms with E-state index in [1.54, 1.807) is 37.2 Å². The first kappa shape index (κ1) is 38.9. The minimum absolute atomic E-state index is 0. The van der Waals surface area contributed by atoms with Crippen LogP contribution in [0.4, 0.5) is 0 Å². The Morgan fingerprint density at radius 2 is 1.15 bits per heavy atom. The molecule has 2 aliphatic carbocycles. The van der Waals surface area contributed by atoms with Crippen LogP contribution in [0.1, 0.15) is 58.6 Å². The number of halogens is 5. The first-order valence-electron chi connectivity index (χ1n) is 11.0. The molecule has 212 valence electrons. The van der Waals surface area contributed by atoms with Crippen molar-refractivity contribution in [3.63, 3.8) is 0 Å². The Labute approximate surface area is 277 Å². The second kappa shape index (κ2) is 19.9. The Balaban J connectivity index is 0.000000510. The molecule has 0 bridgehead atoms. The monoisotopic (exact) mass is 883 g/mol. The normalized spacial score (nSPS) is 12.4. The van der Waals surface area contributed by atoms with Gasteiger partial charge in [-0.05, 0) is 110 Å². The molecule has 0 amide bonds. The van der Waals surface area contributed by atoms with Gasteiger partial charge in [0.1, 0.15) is 12.1 Å². The molecule has 3 aromatic rings. The summed E-state index contributed by atoms with van der Waals surface area (Å²) in [6.45, 7) is 0. The molecule has 1 atom stereocenters. The molecule has 16 heteroatoms. The summed E-state index contributed by atoms with van der Waals surface area (Å²) in [7, 11) is -1.04. The minimum Gasteiger partial charge on any atom is -0.427 e. The lowest BCUT2D eigenvalue weighted by atomic mass is 9.84. The molecule has 1 unspecified atom stereocenters. The summed E-state index contributed by atoms with van der Waals surface area (Å²) in [4.78, 5) is 22.1. The zero-order valence-electron chi connectivity index (χ0n) is 20.7. The van der Waals surface area contributed by atoms with Crippen LogP contribution in [-0.2, 0) is 0 Å². The highest BCUT2D eigenvalue weighted by molar-refractivity contribution is 9.11. The van der Waals surface area contributed by atoms with Gasteiger partial charge in [-0.2, -0.15) is 20.4 Å². The Morgan fingerprint density at radius 1 is 0.750 bits per heavy atom. The molecule has 0 saturated heterocycles. The van der Waals surface area contributed by atoms with E-state index < -0.39 is 7.12 Å². The lowest BCUT2D eigenvalue weighted by Crippen LogP contribution is -2.09. The largest absolute Gasteiger partial charge is 0.454 e. The fourth-order valence-corrected chi connectivity index (χ4v) is 5.38. The van der Waals surface area contributed by atoms with Crippen molar-refractivity contribution in [3.05, 3.63) is 81.8 Å². The SMILES string of the molecule is N#Cc1c(Br)cncc1Br.N#Cc1c(Br)cncc1C1CC1.O.O=Cc1c(Br)cncc1Br.OB(O)C1CC1.P. The summed E-state index contributed by atoms with van der Waals surface area (Å²) < 4.78 is 3.65. The zero-order chi connectivity index (χ0) is 28.2. The highest BCUT2D eigenvalue weighted by Gasteiger charge is 2.33. The third kappa shape index (κ3) is 12.8. The van der Waals surface area contributed by atoms with E-state index in [2.05, 4.69) is 101 Å². The average Bonchev–Trinajstić information content (AvgIpc) is 3.78. The molecule has 40 heavy (non-hydrogen) atoms. The van der Waals surface area contributed by atoms with Gasteiger partial charge < -0.3 is 15.5 Å². The van der Waals surface area contributed by atoms with E-state index in [9.17, 15) is 4.79 Å². The number of nitrogens with zero attached hydrogens (tertiary/aromatic N) is 5. The van der Waals surface area contributed by atoms with E-state index in [-0.39, 0.29) is 21.2 Å². The van der Waals surface area contributed by atoms with Gasteiger partial charge in [0.05, 0.1) is 24.5 Å². The number of nitriles is 2. The molecule has 2 saturated carbocycles. The fraction of sp³-hybridized carbons (Fsp3) is 0.250. The molecule has 0 radical (unpaired) electrons. The van der Waals surface area contributed by atoms with Crippen molar-refractivity contribution in [3.8, 4) is 12.1 Å². The molecule has 4 N–H and O–H groups in total. The number of pyridine rings is 3. The van der Waals surface area contributed by atoms with Gasteiger partial charge in [-0.15, -0.1) is 0 Å². The van der Waals surface area contributed by atoms with Gasteiger partial charge >= 0.3 is 7.12 Å². The molecule has 0 aliphatic heterocycles. The molecule has 9 nitrogen and oxygen atoms in total. The van der Waals surface area contributed by atoms with Crippen LogP contribution < -0.4 is 0 Å². The van der Waals surface area contributed by atoms with Crippen LogP contribution >= 0.6 is 89.5 Å². The van der Waals surface area contributed by atoms with Crippen LogP contribution in [0, 0.1) is 22.7 Å². The predicted octanol–water partition coefficient (Wildman–Crippen LogP) is 6.35. The summed E-state index contributed by atoms with van der Waals surface area (Å²) >= 11 is 16.1. The third-order valence-corrected chi connectivity index (χ3v) is 8.14. The smallest absolute Gasteiger partial charge is 0.427 e. The minimum atomic E-state index is -1.04. The third-order valence-electron chi connectivity index (χ3n) is 5.08. The van der Waals surface area contributed by atoms with Gasteiger partial charge in [-0.1, -0.05) is 12.8 Å². The number of hydrogen-bond donors (Lipinski definition) is 2. The maximum atomic E-state index is 10.4. The van der Waals surface area contributed by atoms with Gasteiger partial charge in [-0.25, -0.2) is 0 Å². The topological polar surface area (TPSA) is 175 Å². The number of carbonyl (C=O) groups is 1. The van der Waals surface area contributed by atoms with E-state index >= 15 is 0 Å². The van der Waals surface area contributed by atoms with Crippen molar-refractivity contribution in [2.24, 2.45) is 0 Å². The molecule has 2 aliphatic rings. The highest BCUT2D eigenvalue weighted by Crippen LogP contribution is 2.42. The van der Waals surface area contributed by atoms with Crippen LogP contribution in [0.5, 0.6) is 0 Å². The quantitative estimate of drug-likeness (QED) is 0.174. The van der Waals surface area contributed by atoms with Crippen molar-refractivity contribution < 1.29 is 20.3 Å². The Kier molecular flexibility index (Phi) is 19.3. The molecule has 5 rings (SSSR count). The summed E-state index contributed by atoms with van der Waals surface area (Å²) in [6.07, 6.45) is 15.0. The Morgan fingerprint density at radius 3 is 1.43 bits per heavy atom. The van der Waals surface area contributed by atoms with Crippen molar-refractivity contribution in [2.75, 3.05) is 0 Å². The van der Waals surface area contributed by atoms with Crippen molar-refractivity contribution in [1.82, 2.24) is 15.0 Å².